The van der Waals surface area contributed by atoms with E-state index in [0.717, 1.165) is 38.3 Å². The first-order valence-corrected chi connectivity index (χ1v) is 6.47. The van der Waals surface area contributed by atoms with Crippen molar-refractivity contribution in [2.75, 3.05) is 31.5 Å². The number of likely N-dealkylation sites (tertiary alicyclic amines) is 1. The molecular weight excluding hydrogens is 212 g/mol. The number of hydrogen-bond donors (Lipinski definition) is 1. The number of nitrogens with one attached hydrogen (secondary N) is 1. The molecule has 3 heteroatoms. The largest absolute Gasteiger partial charge is 0.483 e. The lowest BCUT2D eigenvalue weighted by Gasteiger charge is -2.47. The maximum Gasteiger partial charge on any atom is 0.143 e. The van der Waals surface area contributed by atoms with Gasteiger partial charge in [0.15, 0.2) is 0 Å². The van der Waals surface area contributed by atoms with Crippen molar-refractivity contribution in [2.45, 2.75) is 25.9 Å². The third-order valence-corrected chi connectivity index (χ3v) is 3.73. The second-order valence-electron chi connectivity index (χ2n) is 5.32. The summed E-state index contributed by atoms with van der Waals surface area (Å²) in [6.07, 6.45) is 1.12. The second-order valence-corrected chi connectivity index (χ2v) is 5.32. The fourth-order valence-electron chi connectivity index (χ4n) is 2.85. The van der Waals surface area contributed by atoms with Gasteiger partial charge in [0.25, 0.3) is 0 Å². The first-order chi connectivity index (χ1) is 8.20. The molecule has 0 radical (unpaired) electrons. The Morgan fingerprint density at radius 2 is 2.24 bits per heavy atom. The summed E-state index contributed by atoms with van der Waals surface area (Å²) in [4.78, 5) is 2.40. The molecule has 0 atom stereocenters. The number of hydrogen-bond acceptors (Lipinski definition) is 3. The smallest absolute Gasteiger partial charge is 0.143 e. The summed E-state index contributed by atoms with van der Waals surface area (Å²) >= 11 is 0. The van der Waals surface area contributed by atoms with Crippen LogP contribution in [-0.2, 0) is 6.42 Å². The molecule has 1 aromatic rings. The van der Waals surface area contributed by atoms with Crippen molar-refractivity contribution in [1.29, 1.82) is 0 Å². The third-order valence-electron chi connectivity index (χ3n) is 3.73. The highest BCUT2D eigenvalue weighted by Gasteiger charge is 2.40. The number of nitrogens with zero attached hydrogens (tertiary/aromatic N) is 1. The molecule has 0 aromatic heterocycles. The lowest BCUT2D eigenvalue weighted by molar-refractivity contribution is -0.0601. The standard InChI is InChI=1S/C14H20N2O/c1-3-16-9-14(2,10-16)17-12-6-4-5-11-7-8-15-13(11)12/h4-6,15H,3,7-10H2,1-2H3. The normalized spacial score (nSPS) is 21.5. The molecule has 1 fully saturated rings. The number of para-hydroxylation sites is 1. The lowest BCUT2D eigenvalue weighted by Crippen LogP contribution is -2.62. The monoisotopic (exact) mass is 232 g/mol. The zero-order chi connectivity index (χ0) is 11.9. The van der Waals surface area contributed by atoms with Crippen molar-refractivity contribution in [1.82, 2.24) is 4.90 Å². The second kappa shape index (κ2) is 3.91. The molecule has 1 aromatic carbocycles. The molecule has 2 heterocycles. The van der Waals surface area contributed by atoms with E-state index in [1.165, 1.54) is 11.3 Å². The fraction of sp³-hybridized carbons (Fsp3) is 0.571. The predicted octanol–water partition coefficient (Wildman–Crippen LogP) is 2.13. The molecule has 0 aliphatic carbocycles. The van der Waals surface area contributed by atoms with Gasteiger partial charge in [-0.2, -0.15) is 0 Å². The van der Waals surface area contributed by atoms with Crippen LogP contribution >= 0.6 is 0 Å². The SMILES string of the molecule is CCN1CC(C)(Oc2cccc3c2NCC3)C1. The summed E-state index contributed by atoms with van der Waals surface area (Å²) in [6, 6.07) is 6.36. The van der Waals surface area contributed by atoms with Gasteiger partial charge in [0.2, 0.25) is 0 Å². The van der Waals surface area contributed by atoms with E-state index in [0.29, 0.717) is 0 Å². The Bertz CT molecular complexity index is 424. The van der Waals surface area contributed by atoms with E-state index in [1.807, 2.05) is 0 Å². The maximum atomic E-state index is 6.21. The first kappa shape index (κ1) is 10.9. The molecule has 3 nitrogen and oxygen atoms in total. The molecule has 2 aliphatic rings. The van der Waals surface area contributed by atoms with E-state index < -0.39 is 0 Å². The van der Waals surface area contributed by atoms with Gasteiger partial charge in [0, 0.05) is 19.6 Å². The Balaban J connectivity index is 1.76. The van der Waals surface area contributed by atoms with Crippen molar-refractivity contribution < 1.29 is 4.74 Å². The number of ether oxygens (including phenoxy) is 1. The van der Waals surface area contributed by atoms with E-state index in [-0.39, 0.29) is 5.60 Å². The zero-order valence-corrected chi connectivity index (χ0v) is 10.6. The van der Waals surface area contributed by atoms with Gasteiger partial charge in [-0.05, 0) is 31.5 Å². The van der Waals surface area contributed by atoms with E-state index in [4.69, 9.17) is 4.74 Å². The van der Waals surface area contributed by atoms with Gasteiger partial charge in [-0.15, -0.1) is 0 Å². The van der Waals surface area contributed by atoms with Gasteiger partial charge in [0.05, 0.1) is 5.69 Å². The van der Waals surface area contributed by atoms with Crippen LogP contribution in [0.4, 0.5) is 5.69 Å². The molecule has 1 N–H and O–H groups in total. The van der Waals surface area contributed by atoms with Gasteiger partial charge in [-0.1, -0.05) is 19.1 Å². The third kappa shape index (κ3) is 1.89. The summed E-state index contributed by atoms with van der Waals surface area (Å²) < 4.78 is 6.21. The summed E-state index contributed by atoms with van der Waals surface area (Å²) in [5.41, 5.74) is 2.59. The van der Waals surface area contributed by atoms with Gasteiger partial charge in [-0.3, -0.25) is 4.90 Å². The van der Waals surface area contributed by atoms with Gasteiger partial charge in [0.1, 0.15) is 11.4 Å². The van der Waals surface area contributed by atoms with Crippen LogP contribution in [0.15, 0.2) is 18.2 Å². The quantitative estimate of drug-likeness (QED) is 0.864. The molecule has 2 aliphatic heterocycles. The minimum atomic E-state index is -0.00456. The maximum absolute atomic E-state index is 6.21. The number of fused-ring (bicyclic) bond motifs is 1. The molecule has 0 saturated carbocycles. The van der Waals surface area contributed by atoms with E-state index in [9.17, 15) is 0 Å². The van der Waals surface area contributed by atoms with Gasteiger partial charge < -0.3 is 10.1 Å². The Hall–Kier alpha value is -1.22. The molecule has 0 bridgehead atoms. The number of benzene rings is 1. The molecule has 92 valence electrons. The number of rotatable bonds is 3. The molecule has 17 heavy (non-hydrogen) atoms. The minimum Gasteiger partial charge on any atom is -0.483 e. The van der Waals surface area contributed by atoms with Crippen molar-refractivity contribution in [2.24, 2.45) is 0 Å². The highest BCUT2D eigenvalue weighted by molar-refractivity contribution is 5.65. The first-order valence-electron chi connectivity index (χ1n) is 6.47. The summed E-state index contributed by atoms with van der Waals surface area (Å²) in [6.45, 7) is 8.62. The van der Waals surface area contributed by atoms with Crippen molar-refractivity contribution in [3.8, 4) is 5.75 Å². The Morgan fingerprint density at radius 1 is 1.41 bits per heavy atom. The zero-order valence-electron chi connectivity index (χ0n) is 10.6. The lowest BCUT2D eigenvalue weighted by atomic mass is 9.96. The van der Waals surface area contributed by atoms with Crippen molar-refractivity contribution in [3.63, 3.8) is 0 Å². The van der Waals surface area contributed by atoms with Crippen LogP contribution in [0.3, 0.4) is 0 Å². The number of anilines is 1. The highest BCUT2D eigenvalue weighted by Crippen LogP contribution is 2.36. The van der Waals surface area contributed by atoms with Crippen LogP contribution < -0.4 is 10.1 Å². The Labute approximate surface area is 103 Å². The van der Waals surface area contributed by atoms with Crippen LogP contribution in [-0.4, -0.2) is 36.7 Å². The average Bonchev–Trinajstić information content (AvgIpc) is 2.74. The average molecular weight is 232 g/mol. The molecule has 3 rings (SSSR count). The van der Waals surface area contributed by atoms with Crippen LogP contribution in [0, 0.1) is 0 Å². The summed E-state index contributed by atoms with van der Waals surface area (Å²) in [5, 5.41) is 3.43. The highest BCUT2D eigenvalue weighted by atomic mass is 16.5. The molecule has 0 spiro atoms. The van der Waals surface area contributed by atoms with Crippen LogP contribution in [0.2, 0.25) is 0 Å². The van der Waals surface area contributed by atoms with Crippen molar-refractivity contribution in [3.05, 3.63) is 23.8 Å². The van der Waals surface area contributed by atoms with Crippen LogP contribution in [0.25, 0.3) is 0 Å². The topological polar surface area (TPSA) is 24.5 Å². The predicted molar refractivity (Wildman–Crippen MR) is 69.8 cm³/mol. The Kier molecular flexibility index (Phi) is 2.51. The van der Waals surface area contributed by atoms with Gasteiger partial charge in [-0.25, -0.2) is 0 Å². The molecule has 0 amide bonds. The summed E-state index contributed by atoms with van der Waals surface area (Å²) in [7, 11) is 0. The molecule has 1 saturated heterocycles. The molecular formula is C14H20N2O. The van der Waals surface area contributed by atoms with E-state index in [2.05, 4.69) is 42.3 Å². The summed E-state index contributed by atoms with van der Waals surface area (Å²) in [5.74, 6) is 1.03. The van der Waals surface area contributed by atoms with E-state index >= 15 is 0 Å². The van der Waals surface area contributed by atoms with Crippen molar-refractivity contribution >= 4 is 5.69 Å². The Morgan fingerprint density at radius 3 is 3.00 bits per heavy atom. The molecule has 0 unspecified atom stereocenters. The minimum absolute atomic E-state index is 0.00456. The van der Waals surface area contributed by atoms with E-state index in [1.54, 1.807) is 0 Å². The van der Waals surface area contributed by atoms with Crippen LogP contribution in [0.1, 0.15) is 19.4 Å². The van der Waals surface area contributed by atoms with Gasteiger partial charge >= 0.3 is 0 Å². The van der Waals surface area contributed by atoms with Crippen LogP contribution in [0.5, 0.6) is 5.75 Å². The number of likely N-dealkylation sites (N-methyl/N-ethyl adjacent to an activating group) is 1. The fourth-order valence-corrected chi connectivity index (χ4v) is 2.85.